The van der Waals surface area contributed by atoms with E-state index in [-0.39, 0.29) is 30.0 Å². The lowest BCUT2D eigenvalue weighted by Crippen LogP contribution is -2.22. The van der Waals surface area contributed by atoms with Crippen LogP contribution in [0.1, 0.15) is 48.8 Å². The maximum atomic E-state index is 13.9. The van der Waals surface area contributed by atoms with E-state index in [4.69, 9.17) is 0 Å². The fourth-order valence-electron chi connectivity index (χ4n) is 3.59. The lowest BCUT2D eigenvalue weighted by Gasteiger charge is -2.20. The van der Waals surface area contributed by atoms with Crippen molar-refractivity contribution in [2.75, 3.05) is 5.32 Å². The van der Waals surface area contributed by atoms with Crippen molar-refractivity contribution in [3.8, 4) is 0 Å². The average Bonchev–Trinajstić information content (AvgIpc) is 2.90. The number of fused-ring (bicyclic) bond motifs is 1. The zero-order chi connectivity index (χ0) is 23.1. The highest BCUT2D eigenvalue weighted by Gasteiger charge is 2.34. The average molecular weight is 499 g/mol. The fraction of sp³-hybridized carbons (Fsp3) is 0.348. The molecule has 166 valence electrons. The first-order chi connectivity index (χ1) is 14.3. The minimum Gasteiger partial charge on any atom is -0.379 e. The normalized spacial score (nSPS) is 12.4. The van der Waals surface area contributed by atoms with Crippen molar-refractivity contribution in [2.45, 2.75) is 46.8 Å². The van der Waals surface area contributed by atoms with Crippen LogP contribution in [0.2, 0.25) is 0 Å². The largest absolute Gasteiger partial charge is 0.418 e. The van der Waals surface area contributed by atoms with E-state index in [2.05, 4.69) is 21.2 Å². The van der Waals surface area contributed by atoms with E-state index in [0.717, 1.165) is 6.07 Å². The summed E-state index contributed by atoms with van der Waals surface area (Å²) < 4.78 is 56.1. The molecule has 8 heteroatoms. The van der Waals surface area contributed by atoms with Crippen LogP contribution in [0.3, 0.4) is 0 Å². The Hall–Kier alpha value is -2.35. The van der Waals surface area contributed by atoms with Gasteiger partial charge < -0.3 is 5.32 Å². The molecule has 0 radical (unpaired) electrons. The van der Waals surface area contributed by atoms with Crippen LogP contribution in [0.4, 0.5) is 23.2 Å². The molecule has 2 aromatic carbocycles. The molecule has 31 heavy (non-hydrogen) atoms. The number of alkyl halides is 3. The second kappa shape index (κ2) is 8.30. The van der Waals surface area contributed by atoms with Gasteiger partial charge in [-0.3, -0.25) is 9.36 Å². The molecule has 0 fully saturated rings. The lowest BCUT2D eigenvalue weighted by molar-refractivity contribution is -0.137. The van der Waals surface area contributed by atoms with Gasteiger partial charge in [0.15, 0.2) is 0 Å². The highest BCUT2D eigenvalue weighted by atomic mass is 79.9. The Bertz CT molecular complexity index is 1140. The van der Waals surface area contributed by atoms with E-state index >= 15 is 0 Å². The van der Waals surface area contributed by atoms with Crippen LogP contribution in [-0.4, -0.2) is 10.5 Å². The van der Waals surface area contributed by atoms with Crippen molar-refractivity contribution >= 4 is 38.4 Å². The molecule has 0 bridgehead atoms. The molecule has 1 aromatic heterocycles. The summed E-state index contributed by atoms with van der Waals surface area (Å²) in [5, 5.41) is 3.39. The Labute approximate surface area is 186 Å². The molecule has 0 amide bonds. The minimum absolute atomic E-state index is 0.0251. The smallest absolute Gasteiger partial charge is 0.379 e. The summed E-state index contributed by atoms with van der Waals surface area (Å²) in [5.41, 5.74) is 0.495. The maximum absolute atomic E-state index is 13.9. The number of aryl methyl sites for hydroxylation is 1. The van der Waals surface area contributed by atoms with Crippen LogP contribution in [-0.2, 0) is 12.7 Å². The maximum Gasteiger partial charge on any atom is 0.418 e. The van der Waals surface area contributed by atoms with E-state index in [1.165, 1.54) is 34.9 Å². The number of benzene rings is 2. The second-order valence-corrected chi connectivity index (χ2v) is 9.66. The predicted molar refractivity (Wildman–Crippen MR) is 118 cm³/mol. The molecular formula is C23H23BrF4N2O. The summed E-state index contributed by atoms with van der Waals surface area (Å²) in [6, 6.07) is 8.01. The summed E-state index contributed by atoms with van der Waals surface area (Å²) in [6.07, 6.45) is -4.31. The molecule has 3 nitrogen and oxygen atoms in total. The van der Waals surface area contributed by atoms with Crippen molar-refractivity contribution in [3.05, 3.63) is 63.5 Å². The quantitative estimate of drug-likeness (QED) is 0.376. The molecule has 0 aliphatic heterocycles. The van der Waals surface area contributed by atoms with E-state index in [1.54, 1.807) is 6.92 Å². The molecule has 0 atom stereocenters. The summed E-state index contributed by atoms with van der Waals surface area (Å²) in [6.45, 7) is 7.50. The van der Waals surface area contributed by atoms with E-state index in [9.17, 15) is 22.4 Å². The summed E-state index contributed by atoms with van der Waals surface area (Å²) in [7, 11) is 0. The number of aromatic nitrogens is 1. The third kappa shape index (κ3) is 5.11. The van der Waals surface area contributed by atoms with Gasteiger partial charge in [0, 0.05) is 27.7 Å². The lowest BCUT2D eigenvalue weighted by atomic mass is 9.92. The SMILES string of the molecule is Cc1c(CNc2ccc(Br)cc2C(F)(F)F)n(C(=O)CC(C)(C)C)c2ccc(F)cc12. The van der Waals surface area contributed by atoms with Crippen LogP contribution < -0.4 is 5.32 Å². The number of hydrogen-bond acceptors (Lipinski definition) is 2. The molecule has 0 saturated heterocycles. The number of carbonyl (C=O) groups is 1. The number of nitrogens with zero attached hydrogens (tertiary/aromatic N) is 1. The minimum atomic E-state index is -4.54. The number of anilines is 1. The number of halogens is 5. The predicted octanol–water partition coefficient (Wildman–Crippen LogP) is 7.56. The van der Waals surface area contributed by atoms with Crippen LogP contribution in [0.5, 0.6) is 0 Å². The first-order valence-corrected chi connectivity index (χ1v) is 10.5. The van der Waals surface area contributed by atoms with E-state index in [1.807, 2.05) is 20.8 Å². The zero-order valence-corrected chi connectivity index (χ0v) is 19.2. The Kier molecular flexibility index (Phi) is 6.24. The Morgan fingerprint density at radius 1 is 1.10 bits per heavy atom. The molecule has 0 aliphatic rings. The fourth-order valence-corrected chi connectivity index (χ4v) is 3.95. The second-order valence-electron chi connectivity index (χ2n) is 8.74. The Morgan fingerprint density at radius 2 is 1.77 bits per heavy atom. The van der Waals surface area contributed by atoms with Gasteiger partial charge in [-0.05, 0) is 54.3 Å². The molecule has 3 aromatic rings. The topological polar surface area (TPSA) is 34.0 Å². The van der Waals surface area contributed by atoms with Crippen LogP contribution in [0.25, 0.3) is 10.9 Å². The Morgan fingerprint density at radius 3 is 2.39 bits per heavy atom. The summed E-state index contributed by atoms with van der Waals surface area (Å²) in [4.78, 5) is 13.1. The van der Waals surface area contributed by atoms with E-state index in [0.29, 0.717) is 26.6 Å². The van der Waals surface area contributed by atoms with E-state index < -0.39 is 17.6 Å². The molecule has 1 N–H and O–H groups in total. The van der Waals surface area contributed by atoms with Gasteiger partial charge in [0.1, 0.15) is 5.82 Å². The van der Waals surface area contributed by atoms with Crippen molar-refractivity contribution in [1.82, 2.24) is 4.57 Å². The summed E-state index contributed by atoms with van der Waals surface area (Å²) in [5.74, 6) is -0.636. The zero-order valence-electron chi connectivity index (χ0n) is 17.6. The first-order valence-electron chi connectivity index (χ1n) is 9.71. The van der Waals surface area contributed by atoms with Crippen LogP contribution in [0.15, 0.2) is 40.9 Å². The van der Waals surface area contributed by atoms with Crippen LogP contribution in [0, 0.1) is 18.2 Å². The standard InChI is InChI=1S/C23H23BrF4N2O/c1-13-16-10-15(25)6-8-19(16)30(21(31)11-22(2,3)4)20(13)12-29-18-7-5-14(24)9-17(18)23(26,27)28/h5-10,29H,11-12H2,1-4H3. The van der Waals surface area contributed by atoms with Gasteiger partial charge in [0.25, 0.3) is 0 Å². The van der Waals surface area contributed by atoms with Gasteiger partial charge in [-0.1, -0.05) is 36.7 Å². The number of nitrogens with one attached hydrogen (secondary N) is 1. The van der Waals surface area contributed by atoms with Gasteiger partial charge in [-0.2, -0.15) is 13.2 Å². The molecular weight excluding hydrogens is 476 g/mol. The number of rotatable bonds is 4. The third-order valence-corrected chi connectivity index (χ3v) is 5.46. The Balaban J connectivity index is 2.08. The van der Waals surface area contributed by atoms with Gasteiger partial charge >= 0.3 is 6.18 Å². The van der Waals surface area contributed by atoms with Crippen LogP contribution >= 0.6 is 15.9 Å². The molecule has 0 saturated carbocycles. The third-order valence-electron chi connectivity index (χ3n) is 4.97. The molecule has 3 rings (SSSR count). The van der Waals surface area contributed by atoms with Crippen molar-refractivity contribution in [2.24, 2.45) is 5.41 Å². The van der Waals surface area contributed by atoms with Gasteiger partial charge in [-0.25, -0.2) is 4.39 Å². The summed E-state index contributed by atoms with van der Waals surface area (Å²) >= 11 is 3.07. The molecule has 1 heterocycles. The van der Waals surface area contributed by atoms with Gasteiger partial charge in [0.2, 0.25) is 5.91 Å². The molecule has 0 unspecified atom stereocenters. The highest BCUT2D eigenvalue weighted by molar-refractivity contribution is 9.10. The monoisotopic (exact) mass is 498 g/mol. The number of hydrogen-bond donors (Lipinski definition) is 1. The molecule has 0 aliphatic carbocycles. The van der Waals surface area contributed by atoms with Crippen molar-refractivity contribution in [3.63, 3.8) is 0 Å². The number of carbonyl (C=O) groups excluding carboxylic acids is 1. The van der Waals surface area contributed by atoms with Gasteiger partial charge in [-0.15, -0.1) is 0 Å². The highest BCUT2D eigenvalue weighted by Crippen LogP contribution is 2.37. The first kappa shape index (κ1) is 23.3. The van der Waals surface area contributed by atoms with Crippen molar-refractivity contribution < 1.29 is 22.4 Å². The van der Waals surface area contributed by atoms with Crippen molar-refractivity contribution in [1.29, 1.82) is 0 Å². The van der Waals surface area contributed by atoms with Gasteiger partial charge in [0.05, 0.1) is 17.6 Å². The molecule has 0 spiro atoms.